The van der Waals surface area contributed by atoms with Crippen molar-refractivity contribution in [1.82, 2.24) is 9.97 Å². The Labute approximate surface area is 119 Å². The van der Waals surface area contributed by atoms with Gasteiger partial charge in [0, 0.05) is 20.6 Å². The van der Waals surface area contributed by atoms with Gasteiger partial charge in [0.05, 0.1) is 5.75 Å². The molecule has 0 amide bonds. The summed E-state index contributed by atoms with van der Waals surface area (Å²) in [5.41, 5.74) is 7.76. The third-order valence-corrected chi connectivity index (χ3v) is 4.19. The zero-order chi connectivity index (χ0) is 13.1. The van der Waals surface area contributed by atoms with Crippen molar-refractivity contribution in [2.75, 3.05) is 5.73 Å². The SMILES string of the molecule is Cc1nc(CSc2ccc(Br)cc2)nc(N)c1C. The number of anilines is 1. The van der Waals surface area contributed by atoms with Crippen molar-refractivity contribution in [2.45, 2.75) is 24.5 Å². The van der Waals surface area contributed by atoms with E-state index in [-0.39, 0.29) is 0 Å². The van der Waals surface area contributed by atoms with E-state index in [9.17, 15) is 0 Å². The van der Waals surface area contributed by atoms with Crippen molar-refractivity contribution in [3.05, 3.63) is 45.8 Å². The van der Waals surface area contributed by atoms with Crippen LogP contribution in [0, 0.1) is 13.8 Å². The summed E-state index contributed by atoms with van der Waals surface area (Å²) in [4.78, 5) is 9.94. The average Bonchev–Trinajstić information content (AvgIpc) is 2.35. The molecule has 0 aliphatic rings. The monoisotopic (exact) mass is 323 g/mol. The molecule has 2 N–H and O–H groups in total. The van der Waals surface area contributed by atoms with Crippen molar-refractivity contribution in [1.29, 1.82) is 0 Å². The molecule has 1 aromatic heterocycles. The maximum atomic E-state index is 5.84. The Bertz CT molecular complexity index is 532. The van der Waals surface area contributed by atoms with Gasteiger partial charge in [0.15, 0.2) is 0 Å². The number of nitrogens with two attached hydrogens (primary N) is 1. The molecule has 0 spiro atoms. The summed E-state index contributed by atoms with van der Waals surface area (Å²) < 4.78 is 1.08. The molecule has 5 heteroatoms. The highest BCUT2D eigenvalue weighted by Crippen LogP contribution is 2.24. The molecule has 0 aliphatic carbocycles. The largest absolute Gasteiger partial charge is 0.383 e. The predicted octanol–water partition coefficient (Wildman–Crippen LogP) is 3.73. The topological polar surface area (TPSA) is 51.8 Å². The molecule has 0 radical (unpaired) electrons. The number of aryl methyl sites for hydroxylation is 1. The van der Waals surface area contributed by atoms with Gasteiger partial charge in [-0.05, 0) is 38.1 Å². The lowest BCUT2D eigenvalue weighted by Crippen LogP contribution is -2.03. The second-order valence-electron chi connectivity index (χ2n) is 3.98. The second-order valence-corrected chi connectivity index (χ2v) is 5.94. The molecule has 1 aromatic carbocycles. The van der Waals surface area contributed by atoms with Crippen LogP contribution in [0.1, 0.15) is 17.1 Å². The summed E-state index contributed by atoms with van der Waals surface area (Å²) in [6.45, 7) is 3.90. The molecule has 0 fully saturated rings. The molecule has 0 aliphatic heterocycles. The summed E-state index contributed by atoms with van der Waals surface area (Å²) >= 11 is 5.12. The molecule has 2 aromatic rings. The van der Waals surface area contributed by atoms with Gasteiger partial charge in [-0.15, -0.1) is 11.8 Å². The lowest BCUT2D eigenvalue weighted by atomic mass is 10.2. The van der Waals surface area contributed by atoms with E-state index in [0.717, 1.165) is 27.3 Å². The van der Waals surface area contributed by atoms with Gasteiger partial charge < -0.3 is 5.73 Å². The fourth-order valence-corrected chi connectivity index (χ4v) is 2.47. The number of aromatic nitrogens is 2. The van der Waals surface area contributed by atoms with Gasteiger partial charge in [-0.1, -0.05) is 15.9 Å². The van der Waals surface area contributed by atoms with E-state index in [1.807, 2.05) is 26.0 Å². The lowest BCUT2D eigenvalue weighted by Gasteiger charge is -2.06. The van der Waals surface area contributed by atoms with E-state index in [0.29, 0.717) is 5.82 Å². The van der Waals surface area contributed by atoms with Crippen LogP contribution in [0.4, 0.5) is 5.82 Å². The second kappa shape index (κ2) is 5.71. The summed E-state index contributed by atoms with van der Waals surface area (Å²) in [5, 5.41) is 0. The van der Waals surface area contributed by atoms with Crippen LogP contribution in [0.3, 0.4) is 0 Å². The van der Waals surface area contributed by atoms with E-state index in [1.54, 1.807) is 11.8 Å². The molecule has 3 nitrogen and oxygen atoms in total. The quantitative estimate of drug-likeness (QED) is 0.874. The zero-order valence-electron chi connectivity index (χ0n) is 10.3. The Kier molecular flexibility index (Phi) is 4.24. The van der Waals surface area contributed by atoms with Gasteiger partial charge in [-0.3, -0.25) is 0 Å². The number of hydrogen-bond donors (Lipinski definition) is 1. The summed E-state index contributed by atoms with van der Waals surface area (Å²) in [6.07, 6.45) is 0. The zero-order valence-corrected chi connectivity index (χ0v) is 12.7. The van der Waals surface area contributed by atoms with Crippen LogP contribution >= 0.6 is 27.7 Å². The smallest absolute Gasteiger partial charge is 0.141 e. The van der Waals surface area contributed by atoms with Crippen molar-refractivity contribution in [3.63, 3.8) is 0 Å². The molecule has 0 unspecified atom stereocenters. The molecule has 1 heterocycles. The number of nitrogens with zero attached hydrogens (tertiary/aromatic N) is 2. The van der Waals surface area contributed by atoms with Crippen LogP contribution in [0.2, 0.25) is 0 Å². The molecule has 0 saturated heterocycles. The number of benzene rings is 1. The van der Waals surface area contributed by atoms with E-state index in [1.165, 1.54) is 4.90 Å². The highest BCUT2D eigenvalue weighted by atomic mass is 79.9. The molecule has 0 atom stereocenters. The molecule has 0 saturated carbocycles. The molecule has 0 bridgehead atoms. The van der Waals surface area contributed by atoms with E-state index >= 15 is 0 Å². The maximum absolute atomic E-state index is 5.84. The summed E-state index contributed by atoms with van der Waals surface area (Å²) in [6, 6.07) is 8.19. The van der Waals surface area contributed by atoms with Crippen molar-refractivity contribution >= 4 is 33.5 Å². The van der Waals surface area contributed by atoms with Crippen LogP contribution in [0.5, 0.6) is 0 Å². The van der Waals surface area contributed by atoms with Gasteiger partial charge in [-0.25, -0.2) is 9.97 Å². The number of thioether (sulfide) groups is 1. The first-order valence-corrected chi connectivity index (χ1v) is 7.32. The van der Waals surface area contributed by atoms with Crippen LogP contribution in [-0.4, -0.2) is 9.97 Å². The minimum Gasteiger partial charge on any atom is -0.383 e. The van der Waals surface area contributed by atoms with Crippen LogP contribution in [0.15, 0.2) is 33.6 Å². The van der Waals surface area contributed by atoms with E-state index < -0.39 is 0 Å². The average molecular weight is 324 g/mol. The highest BCUT2D eigenvalue weighted by Gasteiger charge is 2.05. The number of rotatable bonds is 3. The Balaban J connectivity index is 2.08. The first kappa shape index (κ1) is 13.4. The number of hydrogen-bond acceptors (Lipinski definition) is 4. The van der Waals surface area contributed by atoms with Crippen LogP contribution < -0.4 is 5.73 Å². The normalized spacial score (nSPS) is 10.6. The lowest BCUT2D eigenvalue weighted by molar-refractivity contribution is 0.981. The molecule has 94 valence electrons. The first-order chi connectivity index (χ1) is 8.56. The van der Waals surface area contributed by atoms with Crippen molar-refractivity contribution in [2.24, 2.45) is 0 Å². The predicted molar refractivity (Wildman–Crippen MR) is 79.6 cm³/mol. The Morgan fingerprint density at radius 3 is 2.44 bits per heavy atom. The van der Waals surface area contributed by atoms with Crippen molar-refractivity contribution < 1.29 is 0 Å². The highest BCUT2D eigenvalue weighted by molar-refractivity contribution is 9.10. The third-order valence-electron chi connectivity index (χ3n) is 2.65. The molecular weight excluding hydrogens is 310 g/mol. The minimum absolute atomic E-state index is 0.578. The van der Waals surface area contributed by atoms with E-state index in [4.69, 9.17) is 5.73 Å². The van der Waals surface area contributed by atoms with Crippen LogP contribution in [-0.2, 0) is 5.75 Å². The third kappa shape index (κ3) is 3.23. The first-order valence-electron chi connectivity index (χ1n) is 5.54. The fraction of sp³-hybridized carbons (Fsp3) is 0.231. The van der Waals surface area contributed by atoms with Gasteiger partial charge >= 0.3 is 0 Å². The molecular formula is C13H14BrN3S. The molecule has 2 rings (SSSR count). The number of nitrogen functional groups attached to an aromatic ring is 1. The van der Waals surface area contributed by atoms with Gasteiger partial charge in [0.2, 0.25) is 0 Å². The maximum Gasteiger partial charge on any atom is 0.141 e. The van der Waals surface area contributed by atoms with Crippen LogP contribution in [0.25, 0.3) is 0 Å². The minimum atomic E-state index is 0.578. The van der Waals surface area contributed by atoms with Gasteiger partial charge in [-0.2, -0.15) is 0 Å². The Morgan fingerprint density at radius 1 is 1.17 bits per heavy atom. The summed E-state index contributed by atoms with van der Waals surface area (Å²) in [5.74, 6) is 2.09. The Hall–Kier alpha value is -1.07. The molecule has 18 heavy (non-hydrogen) atoms. The van der Waals surface area contributed by atoms with Crippen molar-refractivity contribution in [3.8, 4) is 0 Å². The summed E-state index contributed by atoms with van der Waals surface area (Å²) in [7, 11) is 0. The number of halogens is 1. The van der Waals surface area contributed by atoms with Gasteiger partial charge in [0.1, 0.15) is 11.6 Å². The standard InChI is InChI=1S/C13H14BrN3S/c1-8-9(2)16-12(17-13(8)15)7-18-11-5-3-10(14)4-6-11/h3-6H,7H2,1-2H3,(H2,15,16,17). The van der Waals surface area contributed by atoms with Gasteiger partial charge in [0.25, 0.3) is 0 Å². The van der Waals surface area contributed by atoms with E-state index in [2.05, 4.69) is 38.0 Å². The Morgan fingerprint density at radius 2 is 1.83 bits per heavy atom. The fourth-order valence-electron chi connectivity index (χ4n) is 1.45.